The van der Waals surface area contributed by atoms with Crippen molar-refractivity contribution in [3.63, 3.8) is 0 Å². The first-order chi connectivity index (χ1) is 18.4. The molecule has 13 heteroatoms. The Kier molecular flexibility index (Phi) is 7.59. The van der Waals surface area contributed by atoms with E-state index in [1.807, 2.05) is 36.4 Å². The van der Waals surface area contributed by atoms with Crippen molar-refractivity contribution in [3.05, 3.63) is 36.4 Å². The van der Waals surface area contributed by atoms with Crippen molar-refractivity contribution in [1.82, 2.24) is 24.4 Å². The largest absolute Gasteiger partial charge is 0.434 e. The van der Waals surface area contributed by atoms with E-state index < -0.39 is 17.9 Å². The minimum absolute atomic E-state index is 0.158. The molecule has 0 unspecified atom stereocenters. The highest BCUT2D eigenvalue weighted by Crippen LogP contribution is 2.38. The van der Waals surface area contributed by atoms with Gasteiger partial charge in [-0.05, 0) is 46.8 Å². The first-order valence-electron chi connectivity index (χ1n) is 12.7. The Balaban J connectivity index is 1.71. The zero-order valence-corrected chi connectivity index (χ0v) is 22.5. The van der Waals surface area contributed by atoms with Gasteiger partial charge in [0.1, 0.15) is 18.0 Å². The minimum atomic E-state index is -4.68. The average Bonchev–Trinajstić information content (AvgIpc) is 3.28. The third kappa shape index (κ3) is 5.28. The first-order valence-corrected chi connectivity index (χ1v) is 12.7. The lowest BCUT2D eigenvalue weighted by molar-refractivity contribution is -0.246. The van der Waals surface area contributed by atoms with Gasteiger partial charge in [-0.2, -0.15) is 18.4 Å². The van der Waals surface area contributed by atoms with Crippen molar-refractivity contribution in [3.8, 4) is 11.9 Å². The van der Waals surface area contributed by atoms with Crippen LogP contribution in [0.1, 0.15) is 40.2 Å². The third-order valence-electron chi connectivity index (χ3n) is 6.95. The number of carbonyl (C=O) groups is 1. The van der Waals surface area contributed by atoms with Gasteiger partial charge in [0, 0.05) is 51.2 Å². The number of ether oxygens (including phenoxy) is 1. The maximum Gasteiger partial charge on any atom is 0.427 e. The number of amides is 1. The molecule has 1 aliphatic heterocycles. The second kappa shape index (κ2) is 10.6. The van der Waals surface area contributed by atoms with E-state index in [4.69, 9.17) is 4.74 Å². The van der Waals surface area contributed by atoms with Gasteiger partial charge in [0.05, 0.1) is 22.7 Å². The van der Waals surface area contributed by atoms with Crippen LogP contribution in [0, 0.1) is 11.3 Å². The minimum Gasteiger partial charge on any atom is -0.434 e. The SMILES string of the molecule is CCN(CC)c1cn(-c2cc(C#N)ccn2)c2ncnc(N3CCN(C(=O)OC(C)(C)C(F)(F)F)C[C@@H]3C)c12. The summed E-state index contributed by atoms with van der Waals surface area (Å²) >= 11 is 0. The summed E-state index contributed by atoms with van der Waals surface area (Å²) in [5.41, 5.74) is -0.645. The van der Waals surface area contributed by atoms with E-state index in [2.05, 4.69) is 25.9 Å². The smallest absolute Gasteiger partial charge is 0.427 e. The molecule has 0 saturated carbocycles. The molecule has 1 fully saturated rings. The number of piperazine rings is 1. The summed E-state index contributed by atoms with van der Waals surface area (Å²) in [6.45, 7) is 9.74. The number of nitriles is 1. The van der Waals surface area contributed by atoms with Crippen LogP contribution in [0.2, 0.25) is 0 Å². The molecule has 4 rings (SSSR count). The van der Waals surface area contributed by atoms with E-state index in [9.17, 15) is 23.2 Å². The molecule has 1 atom stereocenters. The van der Waals surface area contributed by atoms with Crippen LogP contribution in [0.25, 0.3) is 16.9 Å². The van der Waals surface area contributed by atoms with Crippen LogP contribution in [-0.2, 0) is 4.74 Å². The summed E-state index contributed by atoms with van der Waals surface area (Å²) in [5, 5.41) is 10.2. The molecule has 0 N–H and O–H groups in total. The van der Waals surface area contributed by atoms with Crippen LogP contribution in [0.15, 0.2) is 30.9 Å². The monoisotopic (exact) mass is 544 g/mol. The van der Waals surface area contributed by atoms with Crippen molar-refractivity contribution in [2.24, 2.45) is 0 Å². The Morgan fingerprint density at radius 3 is 2.54 bits per heavy atom. The van der Waals surface area contributed by atoms with Crippen LogP contribution in [0.3, 0.4) is 0 Å². The van der Waals surface area contributed by atoms with Gasteiger partial charge in [0.15, 0.2) is 5.65 Å². The van der Waals surface area contributed by atoms with Gasteiger partial charge < -0.3 is 19.4 Å². The lowest BCUT2D eigenvalue weighted by Crippen LogP contribution is -2.56. The molecule has 0 aliphatic carbocycles. The molecule has 0 spiro atoms. The van der Waals surface area contributed by atoms with Crippen molar-refractivity contribution >= 4 is 28.6 Å². The van der Waals surface area contributed by atoms with Crippen molar-refractivity contribution in [2.75, 3.05) is 42.5 Å². The van der Waals surface area contributed by atoms with Crippen molar-refractivity contribution in [1.29, 1.82) is 5.26 Å². The first kappa shape index (κ1) is 27.9. The molecule has 4 heterocycles. The summed E-state index contributed by atoms with van der Waals surface area (Å²) in [4.78, 5) is 31.7. The third-order valence-corrected chi connectivity index (χ3v) is 6.95. The zero-order valence-electron chi connectivity index (χ0n) is 22.5. The van der Waals surface area contributed by atoms with Crippen LogP contribution in [0.4, 0.5) is 29.5 Å². The molecule has 3 aromatic heterocycles. The fourth-order valence-electron chi connectivity index (χ4n) is 4.62. The molecule has 3 aromatic rings. The van der Waals surface area contributed by atoms with Gasteiger partial charge in [-0.25, -0.2) is 19.7 Å². The molecule has 0 bridgehead atoms. The second-order valence-corrected chi connectivity index (χ2v) is 9.83. The predicted molar refractivity (Wildman–Crippen MR) is 140 cm³/mol. The average molecular weight is 545 g/mol. The maximum absolute atomic E-state index is 13.3. The Bertz CT molecular complexity index is 1390. The summed E-state index contributed by atoms with van der Waals surface area (Å²) in [6.07, 6.45) is -0.739. The van der Waals surface area contributed by atoms with E-state index >= 15 is 0 Å². The number of nitrogens with zero attached hydrogens (tertiary/aromatic N) is 8. The number of halogens is 3. The molecule has 0 radical (unpaired) electrons. The van der Waals surface area contributed by atoms with E-state index in [-0.39, 0.29) is 19.1 Å². The van der Waals surface area contributed by atoms with E-state index in [1.165, 1.54) is 11.2 Å². The standard InChI is InChI=1S/C26H31F3N8O2/c1-6-34(7-2)19-15-37(20-12-18(13-30)8-9-31-20)23-21(19)22(32-16-33-23)36-11-10-35(14-17(36)3)24(38)39-25(4,5)26(27,28)29/h8-9,12,15-17H,6-7,10-11,14H2,1-5H3/t17-/m0/s1. The highest BCUT2D eigenvalue weighted by Gasteiger charge is 2.51. The van der Waals surface area contributed by atoms with Crippen molar-refractivity contribution < 1.29 is 22.7 Å². The van der Waals surface area contributed by atoms with Crippen LogP contribution >= 0.6 is 0 Å². The quantitative estimate of drug-likeness (QED) is 0.446. The zero-order chi connectivity index (χ0) is 28.5. The molecule has 1 saturated heterocycles. The fraction of sp³-hybridized carbons (Fsp3) is 0.500. The summed E-state index contributed by atoms with van der Waals surface area (Å²) in [7, 11) is 0. The lowest BCUT2D eigenvalue weighted by Gasteiger charge is -2.41. The van der Waals surface area contributed by atoms with Gasteiger partial charge in [-0.15, -0.1) is 0 Å². The highest BCUT2D eigenvalue weighted by molar-refractivity contribution is 6.00. The number of anilines is 2. The van der Waals surface area contributed by atoms with E-state index in [1.54, 1.807) is 18.3 Å². The van der Waals surface area contributed by atoms with Gasteiger partial charge in [0.2, 0.25) is 5.60 Å². The Hall–Kier alpha value is -4.08. The number of aromatic nitrogens is 4. The number of fused-ring (bicyclic) bond motifs is 1. The van der Waals surface area contributed by atoms with Gasteiger partial charge in [-0.3, -0.25) is 4.57 Å². The fourth-order valence-corrected chi connectivity index (χ4v) is 4.62. The van der Waals surface area contributed by atoms with E-state index in [0.29, 0.717) is 29.4 Å². The Morgan fingerprint density at radius 2 is 1.92 bits per heavy atom. The number of hydrogen-bond acceptors (Lipinski definition) is 8. The summed E-state index contributed by atoms with van der Waals surface area (Å²) < 4.78 is 46.4. The second-order valence-electron chi connectivity index (χ2n) is 9.83. The maximum atomic E-state index is 13.3. The summed E-state index contributed by atoms with van der Waals surface area (Å²) in [6, 6.07) is 5.17. The molecule has 1 aliphatic rings. The Morgan fingerprint density at radius 1 is 1.21 bits per heavy atom. The topological polar surface area (TPSA) is 103 Å². The van der Waals surface area contributed by atoms with Gasteiger partial charge >= 0.3 is 12.3 Å². The van der Waals surface area contributed by atoms with Crippen molar-refractivity contribution in [2.45, 2.75) is 52.4 Å². The van der Waals surface area contributed by atoms with Crippen LogP contribution < -0.4 is 9.80 Å². The molecular formula is C26H31F3N8O2. The molecule has 39 heavy (non-hydrogen) atoms. The molecule has 0 aromatic carbocycles. The number of rotatable bonds is 6. The summed E-state index contributed by atoms with van der Waals surface area (Å²) in [5.74, 6) is 1.18. The molecule has 10 nitrogen and oxygen atoms in total. The molecule has 1 amide bonds. The normalized spacial score (nSPS) is 16.3. The van der Waals surface area contributed by atoms with Crippen LogP contribution in [-0.4, -0.2) is 81.1 Å². The number of hydrogen-bond donors (Lipinski definition) is 0. The number of carbonyl (C=O) groups excluding carboxylic acids is 1. The Labute approximate surface area is 224 Å². The van der Waals surface area contributed by atoms with E-state index in [0.717, 1.165) is 38.0 Å². The number of alkyl halides is 3. The molecule has 208 valence electrons. The van der Waals surface area contributed by atoms with Gasteiger partial charge in [-0.1, -0.05) is 0 Å². The van der Waals surface area contributed by atoms with Gasteiger partial charge in [0.25, 0.3) is 0 Å². The van der Waals surface area contributed by atoms with Crippen LogP contribution in [0.5, 0.6) is 0 Å². The highest BCUT2D eigenvalue weighted by atomic mass is 19.4. The lowest BCUT2D eigenvalue weighted by atomic mass is 10.1. The number of pyridine rings is 1. The predicted octanol–water partition coefficient (Wildman–Crippen LogP) is 4.52. The molecular weight excluding hydrogens is 513 g/mol.